The summed E-state index contributed by atoms with van der Waals surface area (Å²) in [4.78, 5) is 25.2. The predicted octanol–water partition coefficient (Wildman–Crippen LogP) is 3.53. The van der Waals surface area contributed by atoms with Gasteiger partial charge in [0.15, 0.2) is 5.41 Å². The van der Waals surface area contributed by atoms with E-state index < -0.39 is 16.8 Å². The average Bonchev–Trinajstić information content (AvgIpc) is 3.12. The Morgan fingerprint density at radius 2 is 2.18 bits per heavy atom. The van der Waals surface area contributed by atoms with Crippen LogP contribution in [0.4, 0.5) is 5.69 Å². The second-order valence-electron chi connectivity index (χ2n) is 6.63. The number of nitrogens with one attached hydrogen (secondary N) is 1. The van der Waals surface area contributed by atoms with Crippen LogP contribution in [-0.2, 0) is 19.7 Å². The van der Waals surface area contributed by atoms with Crippen LogP contribution in [0, 0.1) is 11.3 Å². The number of anilines is 1. The molecule has 4 nitrogen and oxygen atoms in total. The van der Waals surface area contributed by atoms with Crippen LogP contribution >= 0.6 is 11.6 Å². The number of benzene rings is 1. The molecule has 0 spiro atoms. The van der Waals surface area contributed by atoms with Gasteiger partial charge in [0, 0.05) is 16.1 Å². The smallest absolute Gasteiger partial charge is 0.322 e. The largest absolute Gasteiger partial charge is 0.465 e. The van der Waals surface area contributed by atoms with Crippen LogP contribution in [0.2, 0.25) is 5.02 Å². The lowest BCUT2D eigenvalue weighted by Crippen LogP contribution is -2.43. The molecule has 0 saturated heterocycles. The first-order valence-corrected chi connectivity index (χ1v) is 8.04. The number of rotatable bonds is 4. The van der Waals surface area contributed by atoms with Crippen LogP contribution in [0.3, 0.4) is 0 Å². The van der Waals surface area contributed by atoms with Gasteiger partial charge in [-0.05, 0) is 49.4 Å². The van der Waals surface area contributed by atoms with E-state index in [1.165, 1.54) is 0 Å². The molecule has 22 heavy (non-hydrogen) atoms. The molecule has 1 aromatic rings. The molecule has 1 aliphatic heterocycles. The first-order chi connectivity index (χ1) is 10.4. The van der Waals surface area contributed by atoms with Crippen LogP contribution < -0.4 is 5.32 Å². The molecule has 0 radical (unpaired) electrons. The summed E-state index contributed by atoms with van der Waals surface area (Å²) in [6, 6.07) is 5.44. The van der Waals surface area contributed by atoms with Gasteiger partial charge in [-0.1, -0.05) is 25.4 Å². The van der Waals surface area contributed by atoms with E-state index in [9.17, 15) is 9.59 Å². The third-order valence-electron chi connectivity index (χ3n) is 4.77. The van der Waals surface area contributed by atoms with Gasteiger partial charge in [-0.25, -0.2) is 0 Å². The van der Waals surface area contributed by atoms with Crippen molar-refractivity contribution in [3.05, 3.63) is 28.8 Å². The monoisotopic (exact) mass is 321 g/mol. The lowest BCUT2D eigenvalue weighted by molar-refractivity contribution is -0.154. The summed E-state index contributed by atoms with van der Waals surface area (Å²) in [5.41, 5.74) is 0.134. The van der Waals surface area contributed by atoms with Crippen molar-refractivity contribution in [1.29, 1.82) is 0 Å². The Morgan fingerprint density at radius 3 is 2.82 bits per heavy atom. The molecule has 0 bridgehead atoms. The van der Waals surface area contributed by atoms with Gasteiger partial charge >= 0.3 is 5.97 Å². The highest BCUT2D eigenvalue weighted by Gasteiger charge is 2.79. The highest BCUT2D eigenvalue weighted by molar-refractivity contribution is 6.31. The summed E-state index contributed by atoms with van der Waals surface area (Å²) >= 11 is 6.15. The minimum Gasteiger partial charge on any atom is -0.465 e. The summed E-state index contributed by atoms with van der Waals surface area (Å²) in [5, 5.41) is 3.47. The summed E-state index contributed by atoms with van der Waals surface area (Å²) in [6.45, 7) is 6.22. The van der Waals surface area contributed by atoms with Crippen molar-refractivity contribution in [2.24, 2.45) is 11.3 Å². The zero-order chi connectivity index (χ0) is 16.1. The molecular weight excluding hydrogens is 302 g/mol. The zero-order valence-electron chi connectivity index (χ0n) is 13.0. The molecule has 3 rings (SSSR count). The SMILES string of the molecule is CCOC(=O)C12CC1(CC(C)C)c1cc(Cl)ccc1NC2=O. The molecule has 5 heteroatoms. The van der Waals surface area contributed by atoms with Crippen LogP contribution in [0.25, 0.3) is 0 Å². The fourth-order valence-corrected chi connectivity index (χ4v) is 4.12. The van der Waals surface area contributed by atoms with Gasteiger partial charge in [0.25, 0.3) is 0 Å². The van der Waals surface area contributed by atoms with Crippen molar-refractivity contribution in [2.75, 3.05) is 11.9 Å². The molecule has 2 atom stereocenters. The molecule has 1 fully saturated rings. The second kappa shape index (κ2) is 4.98. The minimum absolute atomic E-state index is 0.249. The lowest BCUT2D eigenvalue weighted by atomic mass is 9.76. The minimum atomic E-state index is -1.09. The molecule has 1 heterocycles. The van der Waals surface area contributed by atoms with Crippen molar-refractivity contribution in [1.82, 2.24) is 0 Å². The zero-order valence-corrected chi connectivity index (χ0v) is 13.8. The fraction of sp³-hybridized carbons (Fsp3) is 0.529. The van der Waals surface area contributed by atoms with Crippen LogP contribution in [0.5, 0.6) is 0 Å². The molecule has 1 aliphatic carbocycles. The average molecular weight is 322 g/mol. The summed E-state index contributed by atoms with van der Waals surface area (Å²) < 4.78 is 5.22. The maximum absolute atomic E-state index is 12.7. The summed E-state index contributed by atoms with van der Waals surface area (Å²) in [6.07, 6.45) is 1.25. The molecule has 1 amide bonds. The fourth-order valence-electron chi connectivity index (χ4n) is 3.95. The van der Waals surface area contributed by atoms with E-state index in [4.69, 9.17) is 16.3 Å². The number of hydrogen-bond acceptors (Lipinski definition) is 3. The maximum Gasteiger partial charge on any atom is 0.322 e. The van der Waals surface area contributed by atoms with E-state index in [0.717, 1.165) is 17.7 Å². The lowest BCUT2D eigenvalue weighted by Gasteiger charge is -2.32. The Hall–Kier alpha value is -1.55. The molecule has 1 aromatic carbocycles. The second-order valence-corrected chi connectivity index (χ2v) is 7.06. The number of fused-ring (bicyclic) bond motifs is 3. The molecule has 1 saturated carbocycles. The number of esters is 1. The van der Waals surface area contributed by atoms with Crippen LogP contribution in [-0.4, -0.2) is 18.5 Å². The van der Waals surface area contributed by atoms with Crippen LogP contribution in [0.1, 0.15) is 39.2 Å². The Labute approximate surface area is 135 Å². The standard InChI is InChI=1S/C17H20ClNO3/c1-4-22-15(21)17-9-16(17,8-10(2)3)12-7-11(18)5-6-13(12)19-14(17)20/h5-7,10H,4,8-9H2,1-3H3,(H,19,20). The van der Waals surface area contributed by atoms with E-state index >= 15 is 0 Å². The number of carbonyl (C=O) groups excluding carboxylic acids is 2. The first-order valence-electron chi connectivity index (χ1n) is 7.66. The Bertz CT molecular complexity index is 657. The van der Waals surface area contributed by atoms with Gasteiger partial charge < -0.3 is 10.1 Å². The third-order valence-corrected chi connectivity index (χ3v) is 5.01. The van der Waals surface area contributed by atoms with Gasteiger partial charge in [-0.15, -0.1) is 0 Å². The molecular formula is C17H20ClNO3. The van der Waals surface area contributed by atoms with E-state index in [1.807, 2.05) is 12.1 Å². The molecule has 118 valence electrons. The van der Waals surface area contributed by atoms with Crippen molar-refractivity contribution in [2.45, 2.75) is 39.0 Å². The van der Waals surface area contributed by atoms with Crippen molar-refractivity contribution in [3.63, 3.8) is 0 Å². The van der Waals surface area contributed by atoms with Crippen molar-refractivity contribution >= 4 is 29.2 Å². The quantitative estimate of drug-likeness (QED) is 0.682. The van der Waals surface area contributed by atoms with E-state index in [1.54, 1.807) is 13.0 Å². The van der Waals surface area contributed by atoms with E-state index in [-0.39, 0.29) is 12.5 Å². The van der Waals surface area contributed by atoms with Gasteiger partial charge in [-0.2, -0.15) is 0 Å². The summed E-state index contributed by atoms with van der Waals surface area (Å²) in [5.74, 6) is -0.311. The first kappa shape index (κ1) is 15.3. The van der Waals surface area contributed by atoms with Crippen molar-refractivity contribution in [3.8, 4) is 0 Å². The third kappa shape index (κ3) is 1.89. The Morgan fingerprint density at radius 1 is 1.45 bits per heavy atom. The number of carbonyl (C=O) groups is 2. The maximum atomic E-state index is 12.7. The Balaban J connectivity index is 2.14. The molecule has 0 aromatic heterocycles. The van der Waals surface area contributed by atoms with Gasteiger partial charge in [0.1, 0.15) is 0 Å². The van der Waals surface area contributed by atoms with E-state index in [0.29, 0.717) is 17.4 Å². The van der Waals surface area contributed by atoms with Gasteiger partial charge in [0.2, 0.25) is 5.91 Å². The normalized spacial score (nSPS) is 28.7. The molecule has 2 aliphatic rings. The van der Waals surface area contributed by atoms with Gasteiger partial charge in [-0.3, -0.25) is 9.59 Å². The number of amides is 1. The number of hydrogen-bond donors (Lipinski definition) is 1. The highest BCUT2D eigenvalue weighted by atomic mass is 35.5. The molecule has 1 N–H and O–H groups in total. The number of ether oxygens (including phenoxy) is 1. The van der Waals surface area contributed by atoms with E-state index in [2.05, 4.69) is 19.2 Å². The predicted molar refractivity (Wildman–Crippen MR) is 84.9 cm³/mol. The molecule has 2 unspecified atom stereocenters. The van der Waals surface area contributed by atoms with Crippen molar-refractivity contribution < 1.29 is 14.3 Å². The highest BCUT2D eigenvalue weighted by Crippen LogP contribution is 2.71. The Kier molecular flexibility index (Phi) is 3.48. The van der Waals surface area contributed by atoms with Gasteiger partial charge in [0.05, 0.1) is 6.61 Å². The van der Waals surface area contributed by atoms with Crippen LogP contribution in [0.15, 0.2) is 18.2 Å². The number of halogens is 1. The summed E-state index contributed by atoms with van der Waals surface area (Å²) in [7, 11) is 0. The topological polar surface area (TPSA) is 55.4 Å².